The Morgan fingerprint density at radius 1 is 1.37 bits per heavy atom. The molecule has 1 rings (SSSR count). The van der Waals surface area contributed by atoms with E-state index in [2.05, 4.69) is 12.2 Å². The van der Waals surface area contributed by atoms with Crippen molar-refractivity contribution in [3.63, 3.8) is 0 Å². The van der Waals surface area contributed by atoms with Gasteiger partial charge in [-0.1, -0.05) is 6.92 Å². The largest absolute Gasteiger partial charge is 0.336 e. The number of nitrogens with one attached hydrogen (secondary N) is 1. The predicted molar refractivity (Wildman–Crippen MR) is 76.9 cm³/mol. The van der Waals surface area contributed by atoms with E-state index < -0.39 is 14.6 Å². The maximum atomic E-state index is 12.1. The van der Waals surface area contributed by atoms with Crippen molar-refractivity contribution in [2.75, 3.05) is 19.3 Å². The molecule has 1 fully saturated rings. The molecule has 0 aromatic heterocycles. The SMILES string of the molecule is C[C@H]1CCN(C(=O)NCC(C)(C)S(C)(=O)=O)[C@@H](C)C1. The third-order valence-corrected chi connectivity index (χ3v) is 6.22. The van der Waals surface area contributed by atoms with Crippen LogP contribution in [0.25, 0.3) is 0 Å². The minimum Gasteiger partial charge on any atom is -0.336 e. The second kappa shape index (κ2) is 5.69. The maximum Gasteiger partial charge on any atom is 0.317 e. The fraction of sp³-hybridized carbons (Fsp3) is 0.923. The minimum atomic E-state index is -3.18. The van der Waals surface area contributed by atoms with Crippen LogP contribution in [0.15, 0.2) is 0 Å². The highest BCUT2D eigenvalue weighted by Gasteiger charge is 2.32. The summed E-state index contributed by atoms with van der Waals surface area (Å²) in [5, 5.41) is 2.75. The number of rotatable bonds is 3. The van der Waals surface area contributed by atoms with Gasteiger partial charge in [0.05, 0.1) is 4.75 Å². The van der Waals surface area contributed by atoms with Gasteiger partial charge in [-0.15, -0.1) is 0 Å². The molecule has 1 N–H and O–H groups in total. The number of hydrogen-bond acceptors (Lipinski definition) is 3. The first-order chi connectivity index (χ1) is 8.54. The number of urea groups is 1. The fourth-order valence-electron chi connectivity index (χ4n) is 2.23. The third kappa shape index (κ3) is 4.09. The Morgan fingerprint density at radius 2 is 1.95 bits per heavy atom. The van der Waals surface area contributed by atoms with E-state index in [4.69, 9.17) is 0 Å². The number of hydrogen-bond donors (Lipinski definition) is 1. The maximum absolute atomic E-state index is 12.1. The van der Waals surface area contributed by atoms with Crippen LogP contribution in [-0.2, 0) is 9.84 Å². The van der Waals surface area contributed by atoms with E-state index in [0.717, 1.165) is 19.4 Å². The second-order valence-corrected chi connectivity index (χ2v) is 9.01. The average Bonchev–Trinajstić information content (AvgIpc) is 2.24. The lowest BCUT2D eigenvalue weighted by Gasteiger charge is -2.37. The van der Waals surface area contributed by atoms with Crippen LogP contribution in [-0.4, -0.2) is 49.5 Å². The first-order valence-electron chi connectivity index (χ1n) is 6.78. The van der Waals surface area contributed by atoms with Gasteiger partial charge in [-0.3, -0.25) is 0 Å². The molecule has 0 radical (unpaired) electrons. The molecule has 2 amide bonds. The Kier molecular flexibility index (Phi) is 4.87. The molecule has 5 nitrogen and oxygen atoms in total. The standard InChI is InChI=1S/C13H26N2O3S/c1-10-6-7-15(11(2)8-10)12(16)14-9-13(3,4)19(5,17)18/h10-11H,6-9H2,1-5H3,(H,14,16)/t10-,11-/m0/s1. The van der Waals surface area contributed by atoms with E-state index in [1.54, 1.807) is 18.7 Å². The van der Waals surface area contributed by atoms with Gasteiger partial charge in [0.25, 0.3) is 0 Å². The molecule has 1 saturated heterocycles. The van der Waals surface area contributed by atoms with Crippen molar-refractivity contribution >= 4 is 15.9 Å². The summed E-state index contributed by atoms with van der Waals surface area (Å²) < 4.78 is 22.2. The topological polar surface area (TPSA) is 66.5 Å². The third-order valence-electron chi connectivity index (χ3n) is 4.07. The van der Waals surface area contributed by atoms with Crippen molar-refractivity contribution in [1.29, 1.82) is 0 Å². The van der Waals surface area contributed by atoms with Gasteiger partial charge in [0.1, 0.15) is 0 Å². The Balaban J connectivity index is 2.57. The Morgan fingerprint density at radius 3 is 2.42 bits per heavy atom. The smallest absolute Gasteiger partial charge is 0.317 e. The van der Waals surface area contributed by atoms with Crippen molar-refractivity contribution in [3.8, 4) is 0 Å². The molecule has 19 heavy (non-hydrogen) atoms. The number of carbonyl (C=O) groups is 1. The van der Waals surface area contributed by atoms with Crippen LogP contribution in [0.4, 0.5) is 4.79 Å². The van der Waals surface area contributed by atoms with Crippen LogP contribution < -0.4 is 5.32 Å². The van der Waals surface area contributed by atoms with Gasteiger partial charge < -0.3 is 10.2 Å². The van der Waals surface area contributed by atoms with E-state index in [9.17, 15) is 13.2 Å². The molecule has 0 spiro atoms. The zero-order chi connectivity index (χ0) is 14.8. The molecule has 0 aromatic carbocycles. The molecule has 112 valence electrons. The molecular formula is C13H26N2O3S. The fourth-order valence-corrected chi connectivity index (χ4v) is 2.56. The van der Waals surface area contributed by atoms with Gasteiger partial charge in [-0.2, -0.15) is 0 Å². The van der Waals surface area contributed by atoms with E-state index in [0.29, 0.717) is 5.92 Å². The number of carbonyl (C=O) groups excluding carboxylic acids is 1. The predicted octanol–water partition coefficient (Wildman–Crippen LogP) is 1.64. The molecule has 0 saturated carbocycles. The Bertz CT molecular complexity index is 431. The van der Waals surface area contributed by atoms with Gasteiger partial charge in [0.15, 0.2) is 9.84 Å². The number of nitrogens with zero attached hydrogens (tertiary/aromatic N) is 1. The average molecular weight is 290 g/mol. The quantitative estimate of drug-likeness (QED) is 0.859. The summed E-state index contributed by atoms with van der Waals surface area (Å²) in [4.78, 5) is 13.9. The van der Waals surface area contributed by atoms with Crippen LogP contribution in [0, 0.1) is 5.92 Å². The van der Waals surface area contributed by atoms with Gasteiger partial charge in [0, 0.05) is 25.4 Å². The normalized spacial score (nSPS) is 25.2. The molecular weight excluding hydrogens is 264 g/mol. The number of piperidine rings is 1. The van der Waals surface area contributed by atoms with Crippen molar-refractivity contribution < 1.29 is 13.2 Å². The van der Waals surface area contributed by atoms with Crippen molar-refractivity contribution in [2.45, 2.75) is 51.3 Å². The molecule has 0 unspecified atom stereocenters. The van der Waals surface area contributed by atoms with Crippen molar-refractivity contribution in [2.24, 2.45) is 5.92 Å². The first kappa shape index (κ1) is 16.3. The Labute approximate surface area is 116 Å². The lowest BCUT2D eigenvalue weighted by atomic mass is 9.94. The van der Waals surface area contributed by atoms with Crippen molar-refractivity contribution in [3.05, 3.63) is 0 Å². The second-order valence-electron chi connectivity index (χ2n) is 6.36. The molecule has 0 aliphatic carbocycles. The van der Waals surface area contributed by atoms with Gasteiger partial charge in [0.2, 0.25) is 0 Å². The zero-order valence-electron chi connectivity index (χ0n) is 12.6. The molecule has 1 aliphatic rings. The number of likely N-dealkylation sites (tertiary alicyclic amines) is 1. The van der Waals surface area contributed by atoms with Gasteiger partial charge >= 0.3 is 6.03 Å². The lowest BCUT2D eigenvalue weighted by molar-refractivity contribution is 0.139. The number of sulfone groups is 1. The molecule has 2 atom stereocenters. The van der Waals surface area contributed by atoms with Crippen LogP contribution in [0.3, 0.4) is 0 Å². The molecule has 0 bridgehead atoms. The summed E-state index contributed by atoms with van der Waals surface area (Å²) in [6.45, 7) is 8.38. The first-order valence-corrected chi connectivity index (χ1v) is 8.68. The lowest BCUT2D eigenvalue weighted by Crippen LogP contribution is -2.52. The van der Waals surface area contributed by atoms with Gasteiger partial charge in [-0.25, -0.2) is 13.2 Å². The Hall–Kier alpha value is -0.780. The highest BCUT2D eigenvalue weighted by molar-refractivity contribution is 7.92. The van der Waals surface area contributed by atoms with E-state index in [-0.39, 0.29) is 18.6 Å². The van der Waals surface area contributed by atoms with Crippen molar-refractivity contribution in [1.82, 2.24) is 10.2 Å². The van der Waals surface area contributed by atoms with E-state index in [1.807, 2.05) is 6.92 Å². The molecule has 6 heteroatoms. The minimum absolute atomic E-state index is 0.142. The molecule has 0 aromatic rings. The summed E-state index contributed by atoms with van der Waals surface area (Å²) in [6, 6.07) is 0.0567. The summed E-state index contributed by atoms with van der Waals surface area (Å²) >= 11 is 0. The van der Waals surface area contributed by atoms with Crippen LogP contribution in [0.5, 0.6) is 0 Å². The van der Waals surface area contributed by atoms with E-state index in [1.165, 1.54) is 6.26 Å². The van der Waals surface area contributed by atoms with Crippen LogP contribution >= 0.6 is 0 Å². The summed E-state index contributed by atoms with van der Waals surface area (Å²) in [5.74, 6) is 0.645. The molecule has 1 heterocycles. The summed E-state index contributed by atoms with van der Waals surface area (Å²) in [6.07, 6.45) is 3.21. The number of amides is 2. The summed E-state index contributed by atoms with van der Waals surface area (Å²) in [7, 11) is -3.18. The highest BCUT2D eigenvalue weighted by atomic mass is 32.2. The van der Waals surface area contributed by atoms with Crippen LogP contribution in [0.2, 0.25) is 0 Å². The summed E-state index contributed by atoms with van der Waals surface area (Å²) in [5.41, 5.74) is 0. The van der Waals surface area contributed by atoms with Crippen LogP contribution in [0.1, 0.15) is 40.5 Å². The van der Waals surface area contributed by atoms with E-state index >= 15 is 0 Å². The monoisotopic (exact) mass is 290 g/mol. The zero-order valence-corrected chi connectivity index (χ0v) is 13.4. The molecule has 1 aliphatic heterocycles. The highest BCUT2D eigenvalue weighted by Crippen LogP contribution is 2.22. The van der Waals surface area contributed by atoms with Gasteiger partial charge in [-0.05, 0) is 39.5 Å².